The molecule has 0 aromatic carbocycles. The lowest BCUT2D eigenvalue weighted by molar-refractivity contribution is -0.133. The Morgan fingerprint density at radius 2 is 2.36 bits per heavy atom. The van der Waals surface area contributed by atoms with Crippen LogP contribution in [0.3, 0.4) is 0 Å². The van der Waals surface area contributed by atoms with Gasteiger partial charge in [0.25, 0.3) is 6.47 Å². The lowest BCUT2D eigenvalue weighted by atomic mass is 10.3. The zero-order valence-corrected chi connectivity index (χ0v) is 7.47. The minimum Gasteiger partial charge on any atom is -0.451 e. The van der Waals surface area contributed by atoms with E-state index < -0.39 is 0 Å². The molecule has 1 rings (SSSR count). The molecule has 1 fully saturated rings. The lowest BCUT2D eigenvalue weighted by Gasteiger charge is -2.30. The fourth-order valence-corrected chi connectivity index (χ4v) is 1.93. The van der Waals surface area contributed by atoms with E-state index in [2.05, 4.69) is 6.92 Å². The predicted octanol–water partition coefficient (Wildman–Crippen LogP) is 1.03. The van der Waals surface area contributed by atoms with E-state index in [0.29, 0.717) is 18.3 Å². The van der Waals surface area contributed by atoms with Gasteiger partial charge in [0.15, 0.2) is 5.44 Å². The van der Waals surface area contributed by atoms with Crippen molar-refractivity contribution in [3.8, 4) is 0 Å². The normalized spacial score (nSPS) is 38.2. The summed E-state index contributed by atoms with van der Waals surface area (Å²) in [6, 6.07) is 0. The van der Waals surface area contributed by atoms with Crippen LogP contribution in [0.15, 0.2) is 0 Å². The summed E-state index contributed by atoms with van der Waals surface area (Å²) >= 11 is 1.64. The molecule has 0 aromatic rings. The third kappa shape index (κ3) is 2.38. The molecule has 1 aliphatic rings. The molecule has 64 valence electrons. The summed E-state index contributed by atoms with van der Waals surface area (Å²) in [5.74, 6) is 0. The van der Waals surface area contributed by atoms with Crippen LogP contribution in [-0.2, 0) is 14.3 Å². The Bertz CT molecular complexity index is 140. The monoisotopic (exact) mass is 176 g/mol. The Morgan fingerprint density at radius 3 is 2.91 bits per heavy atom. The predicted molar refractivity (Wildman–Crippen MR) is 43.4 cm³/mol. The third-order valence-electron chi connectivity index (χ3n) is 1.73. The van der Waals surface area contributed by atoms with E-state index in [1.54, 1.807) is 11.8 Å². The molecular weight excluding hydrogens is 164 g/mol. The van der Waals surface area contributed by atoms with Crippen molar-refractivity contribution in [3.63, 3.8) is 0 Å². The van der Waals surface area contributed by atoms with Crippen LogP contribution in [0.25, 0.3) is 0 Å². The van der Waals surface area contributed by atoms with Crippen LogP contribution >= 0.6 is 11.8 Å². The van der Waals surface area contributed by atoms with E-state index in [4.69, 9.17) is 9.47 Å². The summed E-state index contributed by atoms with van der Waals surface area (Å²) in [7, 11) is 0. The molecule has 0 bridgehead atoms. The highest BCUT2D eigenvalue weighted by Gasteiger charge is 2.26. The summed E-state index contributed by atoms with van der Waals surface area (Å²) in [4.78, 5) is 9.97. The highest BCUT2D eigenvalue weighted by atomic mass is 32.2. The van der Waals surface area contributed by atoms with E-state index in [9.17, 15) is 4.79 Å². The van der Waals surface area contributed by atoms with Crippen LogP contribution in [0.4, 0.5) is 0 Å². The molecule has 3 nitrogen and oxygen atoms in total. The summed E-state index contributed by atoms with van der Waals surface area (Å²) in [5, 5.41) is 0.397. The van der Waals surface area contributed by atoms with Gasteiger partial charge in [-0.15, -0.1) is 11.8 Å². The largest absolute Gasteiger partial charge is 0.451 e. The van der Waals surface area contributed by atoms with Crippen LogP contribution in [0.1, 0.15) is 13.8 Å². The standard InChI is InChI=1S/C7H12O3S/c1-5-6(2)11-7(3-9-5)10-4-8/h4-7H,3H2,1-2H3. The van der Waals surface area contributed by atoms with Crippen LogP contribution in [-0.4, -0.2) is 29.9 Å². The smallest absolute Gasteiger partial charge is 0.294 e. The molecule has 3 unspecified atom stereocenters. The van der Waals surface area contributed by atoms with Gasteiger partial charge in [0.2, 0.25) is 0 Å². The Morgan fingerprint density at radius 1 is 1.64 bits per heavy atom. The molecule has 1 heterocycles. The molecule has 0 spiro atoms. The number of carbonyl (C=O) groups excluding carboxylic acids is 1. The number of ether oxygens (including phenoxy) is 2. The van der Waals surface area contributed by atoms with E-state index >= 15 is 0 Å². The van der Waals surface area contributed by atoms with Crippen molar-refractivity contribution in [2.45, 2.75) is 30.6 Å². The van der Waals surface area contributed by atoms with Crippen molar-refractivity contribution in [2.75, 3.05) is 6.61 Å². The van der Waals surface area contributed by atoms with Gasteiger partial charge < -0.3 is 9.47 Å². The van der Waals surface area contributed by atoms with Crippen molar-refractivity contribution < 1.29 is 14.3 Å². The summed E-state index contributed by atoms with van der Waals surface area (Å²) < 4.78 is 10.1. The first-order valence-electron chi connectivity index (χ1n) is 3.60. The fraction of sp³-hybridized carbons (Fsp3) is 0.857. The van der Waals surface area contributed by atoms with Gasteiger partial charge in [0.1, 0.15) is 0 Å². The second-order valence-electron chi connectivity index (χ2n) is 2.54. The van der Waals surface area contributed by atoms with Gasteiger partial charge in [-0.25, -0.2) is 0 Å². The maximum absolute atomic E-state index is 9.97. The van der Waals surface area contributed by atoms with Crippen molar-refractivity contribution >= 4 is 18.2 Å². The van der Waals surface area contributed by atoms with E-state index in [1.165, 1.54) is 0 Å². The molecule has 0 aromatic heterocycles. The topological polar surface area (TPSA) is 35.5 Å². The van der Waals surface area contributed by atoms with E-state index in [-0.39, 0.29) is 11.5 Å². The number of carbonyl (C=O) groups is 1. The molecular formula is C7H12O3S. The fourth-order valence-electron chi connectivity index (χ4n) is 0.889. The highest BCUT2D eigenvalue weighted by molar-refractivity contribution is 8.00. The van der Waals surface area contributed by atoms with Crippen LogP contribution < -0.4 is 0 Å². The average Bonchev–Trinajstić information content (AvgIpc) is 1.98. The molecule has 4 heteroatoms. The summed E-state index contributed by atoms with van der Waals surface area (Å²) in [6.45, 7) is 5.07. The highest BCUT2D eigenvalue weighted by Crippen LogP contribution is 2.27. The second kappa shape index (κ2) is 3.97. The molecule has 1 aliphatic heterocycles. The van der Waals surface area contributed by atoms with Crippen molar-refractivity contribution in [1.82, 2.24) is 0 Å². The molecule has 0 amide bonds. The Labute approximate surface area is 70.4 Å². The summed E-state index contributed by atoms with van der Waals surface area (Å²) in [5.41, 5.74) is -0.112. The van der Waals surface area contributed by atoms with Gasteiger partial charge in [-0.05, 0) is 6.92 Å². The average molecular weight is 176 g/mol. The zero-order chi connectivity index (χ0) is 8.27. The minimum absolute atomic E-state index is 0.112. The van der Waals surface area contributed by atoms with E-state index in [0.717, 1.165) is 0 Å². The van der Waals surface area contributed by atoms with Crippen LogP contribution in [0.5, 0.6) is 0 Å². The zero-order valence-electron chi connectivity index (χ0n) is 6.65. The van der Waals surface area contributed by atoms with Crippen LogP contribution in [0.2, 0.25) is 0 Å². The van der Waals surface area contributed by atoms with Gasteiger partial charge in [-0.2, -0.15) is 0 Å². The van der Waals surface area contributed by atoms with Crippen molar-refractivity contribution in [1.29, 1.82) is 0 Å². The van der Waals surface area contributed by atoms with E-state index in [1.807, 2.05) is 6.92 Å². The van der Waals surface area contributed by atoms with Crippen molar-refractivity contribution in [3.05, 3.63) is 0 Å². The second-order valence-corrected chi connectivity index (χ2v) is 4.08. The number of rotatable bonds is 2. The molecule has 11 heavy (non-hydrogen) atoms. The minimum atomic E-state index is -0.112. The lowest BCUT2D eigenvalue weighted by Crippen LogP contribution is -2.34. The quantitative estimate of drug-likeness (QED) is 0.589. The van der Waals surface area contributed by atoms with Gasteiger partial charge in [0, 0.05) is 5.25 Å². The molecule has 1 saturated heterocycles. The maximum atomic E-state index is 9.97. The number of thioether (sulfide) groups is 1. The number of hydrogen-bond donors (Lipinski definition) is 0. The molecule has 0 radical (unpaired) electrons. The molecule has 0 saturated carbocycles. The van der Waals surface area contributed by atoms with Gasteiger partial charge in [-0.3, -0.25) is 4.79 Å². The maximum Gasteiger partial charge on any atom is 0.294 e. The van der Waals surface area contributed by atoms with Crippen molar-refractivity contribution in [2.24, 2.45) is 0 Å². The Kier molecular flexibility index (Phi) is 3.20. The van der Waals surface area contributed by atoms with Gasteiger partial charge >= 0.3 is 0 Å². The molecule has 0 aliphatic carbocycles. The molecule has 0 N–H and O–H groups in total. The van der Waals surface area contributed by atoms with Gasteiger partial charge in [-0.1, -0.05) is 6.92 Å². The van der Waals surface area contributed by atoms with Gasteiger partial charge in [0.05, 0.1) is 12.7 Å². The molecule has 3 atom stereocenters. The first-order chi connectivity index (χ1) is 5.24. The third-order valence-corrected chi connectivity index (χ3v) is 3.09. The summed E-state index contributed by atoms with van der Waals surface area (Å²) in [6.07, 6.45) is 0.256. The number of hydrogen-bond acceptors (Lipinski definition) is 4. The first kappa shape index (κ1) is 8.87. The van der Waals surface area contributed by atoms with Crippen LogP contribution in [0, 0.1) is 0 Å². The first-order valence-corrected chi connectivity index (χ1v) is 4.54. The SMILES string of the molecule is CC1OCC(OC=O)SC1C. The Balaban J connectivity index is 2.33. The Hall–Kier alpha value is -0.220.